The number of aromatic amines is 1. The van der Waals surface area contributed by atoms with Crippen LogP contribution < -0.4 is 10.1 Å². The number of nitrogens with one attached hydrogen (secondary N) is 2. The van der Waals surface area contributed by atoms with Gasteiger partial charge in [0.2, 0.25) is 0 Å². The second kappa shape index (κ2) is 4.93. The minimum atomic E-state index is 0.892. The smallest absolute Gasteiger partial charge is 0.118 e. The molecule has 3 nitrogen and oxygen atoms in total. The Hall–Kier alpha value is -2.26. The Kier molecular flexibility index (Phi) is 2.93. The lowest BCUT2D eigenvalue weighted by atomic mass is 10.0. The van der Waals surface area contributed by atoms with Crippen molar-refractivity contribution in [2.45, 2.75) is 13.0 Å². The molecule has 2 heterocycles. The molecule has 1 aromatic heterocycles. The molecule has 0 saturated carbocycles. The third-order valence-corrected chi connectivity index (χ3v) is 4.27. The molecule has 0 unspecified atom stereocenters. The largest absolute Gasteiger partial charge is 0.497 e. The van der Waals surface area contributed by atoms with Gasteiger partial charge in [-0.15, -0.1) is 0 Å². The van der Waals surface area contributed by atoms with Crippen LogP contribution in [0.25, 0.3) is 22.0 Å². The summed E-state index contributed by atoms with van der Waals surface area (Å²) in [7, 11) is 1.69. The van der Waals surface area contributed by atoms with Crippen molar-refractivity contribution in [3.63, 3.8) is 0 Å². The molecule has 0 fully saturated rings. The first-order chi connectivity index (χ1) is 10.3. The van der Waals surface area contributed by atoms with Crippen LogP contribution in [0.4, 0.5) is 0 Å². The summed E-state index contributed by atoms with van der Waals surface area (Å²) in [6, 6.07) is 14.9. The summed E-state index contributed by atoms with van der Waals surface area (Å²) in [5.41, 5.74) is 6.51. The second-order valence-electron chi connectivity index (χ2n) is 5.50. The number of hydrogen-bond acceptors (Lipinski definition) is 2. The lowest BCUT2D eigenvalue weighted by Gasteiger charge is -2.12. The third kappa shape index (κ3) is 2.10. The molecule has 0 radical (unpaired) electrons. The van der Waals surface area contributed by atoms with Gasteiger partial charge in [0.15, 0.2) is 0 Å². The zero-order valence-electron chi connectivity index (χ0n) is 12.1. The Balaban J connectivity index is 1.82. The SMILES string of the molecule is COc1ccc(-c2ccc3[nH]c4c(c3c2)CNCC4)cc1. The Labute approximate surface area is 123 Å². The highest BCUT2D eigenvalue weighted by Crippen LogP contribution is 2.30. The summed E-state index contributed by atoms with van der Waals surface area (Å²) in [4.78, 5) is 3.55. The molecule has 2 aromatic carbocycles. The monoisotopic (exact) mass is 278 g/mol. The van der Waals surface area contributed by atoms with Crippen molar-refractivity contribution < 1.29 is 4.74 Å². The molecule has 1 aliphatic heterocycles. The fourth-order valence-electron chi connectivity index (χ4n) is 3.11. The number of rotatable bonds is 2. The lowest BCUT2D eigenvalue weighted by molar-refractivity contribution is 0.415. The maximum absolute atomic E-state index is 5.22. The summed E-state index contributed by atoms with van der Waals surface area (Å²) in [5, 5.41) is 4.80. The molecule has 0 amide bonds. The Morgan fingerprint density at radius 2 is 1.81 bits per heavy atom. The molecule has 106 valence electrons. The molecule has 0 atom stereocenters. The third-order valence-electron chi connectivity index (χ3n) is 4.27. The summed E-state index contributed by atoms with van der Waals surface area (Å²) >= 11 is 0. The summed E-state index contributed by atoms with van der Waals surface area (Å²) in [5.74, 6) is 0.892. The maximum Gasteiger partial charge on any atom is 0.118 e. The molecule has 3 heteroatoms. The lowest BCUT2D eigenvalue weighted by Crippen LogP contribution is -2.22. The van der Waals surface area contributed by atoms with E-state index in [9.17, 15) is 0 Å². The highest BCUT2D eigenvalue weighted by atomic mass is 16.5. The number of ether oxygens (including phenoxy) is 1. The molecule has 0 bridgehead atoms. The average molecular weight is 278 g/mol. The summed E-state index contributed by atoms with van der Waals surface area (Å²) in [6.07, 6.45) is 1.09. The van der Waals surface area contributed by atoms with Crippen molar-refractivity contribution in [2.75, 3.05) is 13.7 Å². The zero-order chi connectivity index (χ0) is 14.2. The summed E-state index contributed by atoms with van der Waals surface area (Å²) < 4.78 is 5.22. The molecular weight excluding hydrogens is 260 g/mol. The molecule has 0 saturated heterocycles. The van der Waals surface area contributed by atoms with Gasteiger partial charge in [-0.3, -0.25) is 0 Å². The van der Waals surface area contributed by atoms with E-state index in [1.54, 1.807) is 7.11 Å². The van der Waals surface area contributed by atoms with Crippen molar-refractivity contribution in [3.05, 3.63) is 53.7 Å². The molecule has 21 heavy (non-hydrogen) atoms. The average Bonchev–Trinajstić information content (AvgIpc) is 2.93. The van der Waals surface area contributed by atoms with Crippen LogP contribution in [0.1, 0.15) is 11.3 Å². The fraction of sp³-hybridized carbons (Fsp3) is 0.222. The van der Waals surface area contributed by atoms with E-state index >= 15 is 0 Å². The van der Waals surface area contributed by atoms with Gasteiger partial charge < -0.3 is 15.0 Å². The van der Waals surface area contributed by atoms with Gasteiger partial charge in [-0.1, -0.05) is 18.2 Å². The van der Waals surface area contributed by atoms with Crippen LogP contribution in [-0.4, -0.2) is 18.6 Å². The van der Waals surface area contributed by atoms with Crippen molar-refractivity contribution in [2.24, 2.45) is 0 Å². The highest BCUT2D eigenvalue weighted by Gasteiger charge is 2.15. The van der Waals surface area contributed by atoms with Crippen LogP contribution in [-0.2, 0) is 13.0 Å². The number of H-pyrrole nitrogens is 1. The van der Waals surface area contributed by atoms with E-state index in [1.807, 2.05) is 12.1 Å². The van der Waals surface area contributed by atoms with Gasteiger partial charge in [0, 0.05) is 36.1 Å². The quantitative estimate of drug-likeness (QED) is 0.753. The first kappa shape index (κ1) is 12.5. The van der Waals surface area contributed by atoms with Gasteiger partial charge in [0.05, 0.1) is 7.11 Å². The number of aromatic nitrogens is 1. The topological polar surface area (TPSA) is 37.0 Å². The van der Waals surface area contributed by atoms with Crippen LogP contribution in [0, 0.1) is 0 Å². The van der Waals surface area contributed by atoms with Crippen LogP contribution >= 0.6 is 0 Å². The van der Waals surface area contributed by atoms with Crippen LogP contribution in [0.3, 0.4) is 0 Å². The molecule has 2 N–H and O–H groups in total. The highest BCUT2D eigenvalue weighted by molar-refractivity contribution is 5.89. The number of benzene rings is 2. The van der Waals surface area contributed by atoms with Gasteiger partial charge >= 0.3 is 0 Å². The molecular formula is C18H18N2O. The van der Waals surface area contributed by atoms with Crippen LogP contribution in [0.15, 0.2) is 42.5 Å². The number of fused-ring (bicyclic) bond motifs is 3. The van der Waals surface area contributed by atoms with E-state index in [-0.39, 0.29) is 0 Å². The van der Waals surface area contributed by atoms with Gasteiger partial charge in [0.1, 0.15) is 5.75 Å². The first-order valence-corrected chi connectivity index (χ1v) is 7.34. The Morgan fingerprint density at radius 1 is 1.00 bits per heavy atom. The van der Waals surface area contributed by atoms with Crippen LogP contribution in [0.5, 0.6) is 5.75 Å². The molecule has 0 aliphatic carbocycles. The van der Waals surface area contributed by atoms with Gasteiger partial charge in [-0.2, -0.15) is 0 Å². The zero-order valence-corrected chi connectivity index (χ0v) is 12.1. The van der Waals surface area contributed by atoms with Gasteiger partial charge in [-0.05, 0) is 41.0 Å². The van der Waals surface area contributed by atoms with E-state index in [1.165, 1.54) is 33.3 Å². The minimum Gasteiger partial charge on any atom is -0.497 e. The predicted molar refractivity (Wildman–Crippen MR) is 85.7 cm³/mol. The first-order valence-electron chi connectivity index (χ1n) is 7.34. The normalized spacial score (nSPS) is 14.1. The van der Waals surface area contributed by atoms with Crippen molar-refractivity contribution in [1.29, 1.82) is 0 Å². The van der Waals surface area contributed by atoms with Crippen molar-refractivity contribution >= 4 is 10.9 Å². The van der Waals surface area contributed by atoms with E-state index in [0.29, 0.717) is 0 Å². The van der Waals surface area contributed by atoms with Crippen molar-refractivity contribution in [1.82, 2.24) is 10.3 Å². The Bertz CT molecular complexity index is 787. The number of hydrogen-bond donors (Lipinski definition) is 2. The van der Waals surface area contributed by atoms with E-state index in [0.717, 1.165) is 25.3 Å². The number of methoxy groups -OCH3 is 1. The van der Waals surface area contributed by atoms with E-state index in [2.05, 4.69) is 40.6 Å². The standard InChI is InChI=1S/C18H18N2O/c1-21-14-5-2-12(3-6-14)13-4-7-17-15(10-13)16-11-19-9-8-18(16)20-17/h2-7,10,19-20H,8-9,11H2,1H3. The molecule has 1 aliphatic rings. The van der Waals surface area contributed by atoms with E-state index in [4.69, 9.17) is 4.74 Å². The molecule has 3 aromatic rings. The van der Waals surface area contributed by atoms with Gasteiger partial charge in [-0.25, -0.2) is 0 Å². The molecule has 4 rings (SSSR count). The minimum absolute atomic E-state index is 0.892. The fourth-order valence-corrected chi connectivity index (χ4v) is 3.11. The van der Waals surface area contributed by atoms with Crippen molar-refractivity contribution in [3.8, 4) is 16.9 Å². The second-order valence-corrected chi connectivity index (χ2v) is 5.50. The van der Waals surface area contributed by atoms with Gasteiger partial charge in [0.25, 0.3) is 0 Å². The summed E-state index contributed by atoms with van der Waals surface area (Å²) in [6.45, 7) is 2.02. The van der Waals surface area contributed by atoms with E-state index < -0.39 is 0 Å². The predicted octanol–water partition coefficient (Wildman–Crippen LogP) is 3.49. The van der Waals surface area contributed by atoms with Crippen LogP contribution in [0.2, 0.25) is 0 Å². The Morgan fingerprint density at radius 3 is 2.62 bits per heavy atom. The molecule has 0 spiro atoms. The maximum atomic E-state index is 5.22.